The van der Waals surface area contributed by atoms with Gasteiger partial charge in [0.25, 0.3) is 5.91 Å². The van der Waals surface area contributed by atoms with Crippen LogP contribution < -0.4 is 5.32 Å². The molecular weight excluding hydrogens is 398 g/mol. The van der Waals surface area contributed by atoms with Gasteiger partial charge in [0, 0.05) is 15.6 Å². The number of carbonyl (C=O) groups is 3. The van der Waals surface area contributed by atoms with Crippen LogP contribution in [-0.4, -0.2) is 30.8 Å². The summed E-state index contributed by atoms with van der Waals surface area (Å²) in [4.78, 5) is 36.7. The van der Waals surface area contributed by atoms with Gasteiger partial charge in [-0.25, -0.2) is 0 Å². The second-order valence-electron chi connectivity index (χ2n) is 5.64. The minimum atomic E-state index is -0.497. The van der Waals surface area contributed by atoms with Crippen molar-refractivity contribution in [3.8, 4) is 0 Å². The minimum Gasteiger partial charge on any atom is -0.464 e. The standard InChI is InChI=1S/C20H20BrNO4/c1-2-3-12-26-18(23)13-22-20(25)17-7-5-4-6-16(17)19(24)14-8-10-15(21)11-9-14/h4-11H,2-3,12-13H2,1H3,(H,22,25). The SMILES string of the molecule is CCCCOC(=O)CNC(=O)c1ccccc1C(=O)c1ccc(Br)cc1. The molecule has 6 heteroatoms. The molecule has 2 aromatic rings. The van der Waals surface area contributed by atoms with Crippen LogP contribution in [0.25, 0.3) is 0 Å². The maximum atomic E-state index is 12.7. The molecule has 0 atom stereocenters. The van der Waals surface area contributed by atoms with Gasteiger partial charge in [-0.2, -0.15) is 0 Å². The van der Waals surface area contributed by atoms with E-state index >= 15 is 0 Å². The molecule has 0 saturated carbocycles. The number of unbranched alkanes of at least 4 members (excludes halogenated alkanes) is 1. The van der Waals surface area contributed by atoms with Crippen LogP contribution in [0.15, 0.2) is 53.0 Å². The first kappa shape index (κ1) is 19.8. The van der Waals surface area contributed by atoms with Gasteiger partial charge < -0.3 is 10.1 Å². The minimum absolute atomic E-state index is 0.224. The highest BCUT2D eigenvalue weighted by atomic mass is 79.9. The van der Waals surface area contributed by atoms with Crippen molar-refractivity contribution in [2.24, 2.45) is 0 Å². The molecule has 2 aromatic carbocycles. The first-order valence-electron chi connectivity index (χ1n) is 8.36. The molecule has 0 aliphatic heterocycles. The Bertz CT molecular complexity index is 787. The van der Waals surface area contributed by atoms with E-state index in [4.69, 9.17) is 4.74 Å². The normalized spacial score (nSPS) is 10.2. The van der Waals surface area contributed by atoms with Crippen molar-refractivity contribution in [1.29, 1.82) is 0 Å². The molecule has 0 spiro atoms. The average Bonchev–Trinajstić information content (AvgIpc) is 2.66. The molecule has 2 rings (SSSR count). The highest BCUT2D eigenvalue weighted by molar-refractivity contribution is 9.10. The third-order valence-corrected chi connectivity index (χ3v) is 4.21. The summed E-state index contributed by atoms with van der Waals surface area (Å²) in [6, 6.07) is 13.4. The Morgan fingerprint density at radius 2 is 1.65 bits per heavy atom. The number of hydrogen-bond donors (Lipinski definition) is 1. The number of hydrogen-bond acceptors (Lipinski definition) is 4. The zero-order valence-electron chi connectivity index (χ0n) is 14.5. The van der Waals surface area contributed by atoms with Crippen molar-refractivity contribution in [1.82, 2.24) is 5.32 Å². The Kier molecular flexibility index (Phi) is 7.53. The Morgan fingerprint density at radius 3 is 2.31 bits per heavy atom. The van der Waals surface area contributed by atoms with Gasteiger partial charge in [0.15, 0.2) is 5.78 Å². The first-order valence-corrected chi connectivity index (χ1v) is 9.15. The number of ketones is 1. The van der Waals surface area contributed by atoms with Gasteiger partial charge >= 0.3 is 5.97 Å². The Labute approximate surface area is 160 Å². The summed E-state index contributed by atoms with van der Waals surface area (Å²) in [7, 11) is 0. The van der Waals surface area contributed by atoms with Crippen LogP contribution in [0.5, 0.6) is 0 Å². The monoisotopic (exact) mass is 417 g/mol. The van der Waals surface area contributed by atoms with Gasteiger partial charge in [-0.3, -0.25) is 14.4 Å². The third-order valence-electron chi connectivity index (χ3n) is 3.68. The van der Waals surface area contributed by atoms with Gasteiger partial charge in [0.1, 0.15) is 6.54 Å². The van der Waals surface area contributed by atoms with Crippen molar-refractivity contribution in [3.05, 3.63) is 69.7 Å². The number of nitrogens with one attached hydrogen (secondary N) is 1. The Balaban J connectivity index is 2.08. The molecule has 0 fully saturated rings. The topological polar surface area (TPSA) is 72.5 Å². The lowest BCUT2D eigenvalue weighted by Crippen LogP contribution is -2.31. The second-order valence-corrected chi connectivity index (χ2v) is 6.55. The quantitative estimate of drug-likeness (QED) is 0.403. The largest absolute Gasteiger partial charge is 0.464 e. The molecular formula is C20H20BrNO4. The molecule has 0 radical (unpaired) electrons. The summed E-state index contributed by atoms with van der Waals surface area (Å²) < 4.78 is 5.86. The number of esters is 1. The third kappa shape index (κ3) is 5.52. The summed E-state index contributed by atoms with van der Waals surface area (Å²) in [6.07, 6.45) is 1.70. The summed E-state index contributed by atoms with van der Waals surface area (Å²) >= 11 is 3.33. The smallest absolute Gasteiger partial charge is 0.325 e. The van der Waals surface area contributed by atoms with Crippen molar-refractivity contribution >= 4 is 33.6 Å². The van der Waals surface area contributed by atoms with Crippen LogP contribution in [-0.2, 0) is 9.53 Å². The fourth-order valence-corrected chi connectivity index (χ4v) is 2.53. The molecule has 1 amide bonds. The number of rotatable bonds is 8. The second kappa shape index (κ2) is 9.87. The van der Waals surface area contributed by atoms with Crippen molar-refractivity contribution < 1.29 is 19.1 Å². The van der Waals surface area contributed by atoms with Gasteiger partial charge in [-0.15, -0.1) is 0 Å². The van der Waals surface area contributed by atoms with E-state index in [1.807, 2.05) is 6.92 Å². The molecule has 0 saturated heterocycles. The zero-order chi connectivity index (χ0) is 18.9. The Hall–Kier alpha value is -2.47. The number of ether oxygens (including phenoxy) is 1. The van der Waals surface area contributed by atoms with Crippen LogP contribution >= 0.6 is 15.9 Å². The number of carbonyl (C=O) groups excluding carboxylic acids is 3. The van der Waals surface area contributed by atoms with Crippen LogP contribution in [0.1, 0.15) is 46.0 Å². The molecule has 5 nitrogen and oxygen atoms in total. The molecule has 0 aliphatic carbocycles. The molecule has 136 valence electrons. The summed E-state index contributed by atoms with van der Waals surface area (Å²) in [6.45, 7) is 2.10. The maximum absolute atomic E-state index is 12.7. The van der Waals surface area contributed by atoms with Crippen LogP contribution in [0, 0.1) is 0 Å². The fourth-order valence-electron chi connectivity index (χ4n) is 2.26. The average molecular weight is 418 g/mol. The first-order chi connectivity index (χ1) is 12.5. The van der Waals surface area contributed by atoms with Gasteiger partial charge in [0.2, 0.25) is 0 Å². The molecule has 0 aliphatic rings. The highest BCUT2D eigenvalue weighted by Crippen LogP contribution is 2.17. The predicted octanol–water partition coefficient (Wildman–Crippen LogP) is 3.75. The predicted molar refractivity (Wildman–Crippen MR) is 102 cm³/mol. The van der Waals surface area contributed by atoms with Crippen molar-refractivity contribution in [2.45, 2.75) is 19.8 Å². The molecule has 1 N–H and O–H groups in total. The fraction of sp³-hybridized carbons (Fsp3) is 0.250. The zero-order valence-corrected chi connectivity index (χ0v) is 16.0. The van der Waals surface area contributed by atoms with E-state index in [-0.39, 0.29) is 23.5 Å². The number of halogens is 1. The molecule has 0 bridgehead atoms. The van der Waals surface area contributed by atoms with Gasteiger partial charge in [-0.1, -0.05) is 47.5 Å². The summed E-state index contributed by atoms with van der Waals surface area (Å²) in [5, 5.41) is 2.51. The van der Waals surface area contributed by atoms with E-state index in [1.165, 1.54) is 0 Å². The van der Waals surface area contributed by atoms with Gasteiger partial charge in [-0.05, 0) is 36.8 Å². The van der Waals surface area contributed by atoms with Gasteiger partial charge in [0.05, 0.1) is 12.2 Å². The van der Waals surface area contributed by atoms with Crippen molar-refractivity contribution in [2.75, 3.05) is 13.2 Å². The molecule has 0 aromatic heterocycles. The lowest BCUT2D eigenvalue weighted by Gasteiger charge is -2.10. The summed E-state index contributed by atoms with van der Waals surface area (Å²) in [5.74, 6) is -1.24. The number of amides is 1. The van der Waals surface area contributed by atoms with E-state index in [1.54, 1.807) is 48.5 Å². The van der Waals surface area contributed by atoms with E-state index < -0.39 is 11.9 Å². The Morgan fingerprint density at radius 1 is 1.00 bits per heavy atom. The van der Waals surface area contributed by atoms with Crippen LogP contribution in [0.2, 0.25) is 0 Å². The molecule has 26 heavy (non-hydrogen) atoms. The lowest BCUT2D eigenvalue weighted by molar-refractivity contribution is -0.142. The molecule has 0 heterocycles. The van der Waals surface area contributed by atoms with Crippen LogP contribution in [0.3, 0.4) is 0 Å². The maximum Gasteiger partial charge on any atom is 0.325 e. The van der Waals surface area contributed by atoms with E-state index in [0.29, 0.717) is 12.2 Å². The van der Waals surface area contributed by atoms with E-state index in [2.05, 4.69) is 21.2 Å². The highest BCUT2D eigenvalue weighted by Gasteiger charge is 2.18. The van der Waals surface area contributed by atoms with Crippen LogP contribution in [0.4, 0.5) is 0 Å². The summed E-state index contributed by atoms with van der Waals surface area (Å²) in [5.41, 5.74) is 0.987. The number of benzene rings is 2. The van der Waals surface area contributed by atoms with E-state index in [0.717, 1.165) is 17.3 Å². The van der Waals surface area contributed by atoms with Crippen molar-refractivity contribution in [3.63, 3.8) is 0 Å². The molecule has 0 unspecified atom stereocenters. The lowest BCUT2D eigenvalue weighted by atomic mass is 9.98. The van der Waals surface area contributed by atoms with E-state index in [9.17, 15) is 14.4 Å².